The van der Waals surface area contributed by atoms with Gasteiger partial charge in [0.2, 0.25) is 5.82 Å². The number of rotatable bonds is 14. The summed E-state index contributed by atoms with van der Waals surface area (Å²) in [5, 5.41) is 19.7. The zero-order valence-corrected chi connectivity index (χ0v) is 24.1. The number of carboxylic acids is 2. The molecule has 1 fully saturated rings. The molecule has 1 aliphatic carbocycles. The SMILES string of the molecule is O=C(O)Cc1cn(CC2(CC(=O)O)CC2)c2cccc(C=Cc3ccc(OCCCCc4c(F)c(F)c(F)c(F)c4F)cc3)c12. The molecule has 45 heavy (non-hydrogen) atoms. The lowest BCUT2D eigenvalue weighted by molar-refractivity contribution is -0.138. The Kier molecular flexibility index (Phi) is 9.27. The molecule has 0 unspecified atom stereocenters. The number of hydrogen-bond acceptors (Lipinski definition) is 3. The highest BCUT2D eigenvalue weighted by molar-refractivity contribution is 5.96. The summed E-state index contributed by atoms with van der Waals surface area (Å²) in [4.78, 5) is 23.0. The van der Waals surface area contributed by atoms with Crippen LogP contribution >= 0.6 is 0 Å². The Balaban J connectivity index is 1.22. The van der Waals surface area contributed by atoms with Crippen LogP contribution in [0, 0.1) is 34.5 Å². The summed E-state index contributed by atoms with van der Waals surface area (Å²) < 4.78 is 75.3. The number of fused-ring (bicyclic) bond motifs is 1. The normalized spacial score (nSPS) is 13.9. The lowest BCUT2D eigenvalue weighted by Crippen LogP contribution is -2.15. The predicted molar refractivity (Wildman–Crippen MR) is 157 cm³/mol. The van der Waals surface area contributed by atoms with E-state index in [1.54, 1.807) is 12.1 Å². The highest BCUT2D eigenvalue weighted by atomic mass is 19.2. The summed E-state index contributed by atoms with van der Waals surface area (Å²) in [5.41, 5.74) is 1.99. The lowest BCUT2D eigenvalue weighted by atomic mass is 10.0. The highest BCUT2D eigenvalue weighted by Crippen LogP contribution is 2.51. The van der Waals surface area contributed by atoms with E-state index >= 15 is 0 Å². The molecule has 236 valence electrons. The van der Waals surface area contributed by atoms with E-state index in [1.165, 1.54) is 0 Å². The zero-order chi connectivity index (χ0) is 32.3. The molecule has 0 atom stereocenters. The first kappa shape index (κ1) is 31.7. The Labute approximate surface area is 255 Å². The topological polar surface area (TPSA) is 88.8 Å². The van der Waals surface area contributed by atoms with Gasteiger partial charge in [0.25, 0.3) is 0 Å². The minimum absolute atomic E-state index is 0.0681. The zero-order valence-electron chi connectivity index (χ0n) is 24.1. The van der Waals surface area contributed by atoms with Gasteiger partial charge in [0.1, 0.15) is 5.75 Å². The first-order valence-corrected chi connectivity index (χ1v) is 14.4. The van der Waals surface area contributed by atoms with Crippen LogP contribution in [0.3, 0.4) is 0 Å². The molecule has 0 bridgehead atoms. The maximum absolute atomic E-state index is 13.8. The molecule has 0 radical (unpaired) electrons. The lowest BCUT2D eigenvalue weighted by Gasteiger charge is -2.14. The van der Waals surface area contributed by atoms with Gasteiger partial charge in [-0.15, -0.1) is 0 Å². The van der Waals surface area contributed by atoms with Gasteiger partial charge in [0.15, 0.2) is 23.3 Å². The molecule has 6 nitrogen and oxygen atoms in total. The minimum atomic E-state index is -2.18. The summed E-state index contributed by atoms with van der Waals surface area (Å²) in [6, 6.07) is 12.8. The maximum atomic E-state index is 13.8. The van der Waals surface area contributed by atoms with E-state index in [2.05, 4.69) is 0 Å². The van der Waals surface area contributed by atoms with Crippen LogP contribution in [0.15, 0.2) is 48.7 Å². The Morgan fingerprint density at radius 1 is 0.844 bits per heavy atom. The van der Waals surface area contributed by atoms with Crippen LogP contribution in [0.4, 0.5) is 22.0 Å². The van der Waals surface area contributed by atoms with Crippen molar-refractivity contribution in [3.63, 3.8) is 0 Å². The van der Waals surface area contributed by atoms with Crippen LogP contribution in [0.5, 0.6) is 5.75 Å². The highest BCUT2D eigenvalue weighted by Gasteiger charge is 2.45. The van der Waals surface area contributed by atoms with Gasteiger partial charge >= 0.3 is 11.9 Å². The average molecular weight is 628 g/mol. The maximum Gasteiger partial charge on any atom is 0.307 e. The molecule has 2 N–H and O–H groups in total. The molecule has 1 saturated carbocycles. The fraction of sp³-hybridized carbons (Fsp3) is 0.294. The summed E-state index contributed by atoms with van der Waals surface area (Å²) >= 11 is 0. The Hall–Kier alpha value is -4.67. The van der Waals surface area contributed by atoms with Crippen LogP contribution in [0.25, 0.3) is 23.1 Å². The molecular weight excluding hydrogens is 597 g/mol. The van der Waals surface area contributed by atoms with Crippen LogP contribution < -0.4 is 4.74 Å². The number of ether oxygens (including phenoxy) is 1. The third-order valence-corrected chi connectivity index (χ3v) is 8.07. The first-order valence-electron chi connectivity index (χ1n) is 14.4. The average Bonchev–Trinajstić information content (AvgIpc) is 3.67. The molecule has 1 aliphatic rings. The van der Waals surface area contributed by atoms with E-state index < -0.39 is 46.6 Å². The van der Waals surface area contributed by atoms with E-state index in [-0.39, 0.29) is 37.7 Å². The number of aromatic nitrogens is 1. The van der Waals surface area contributed by atoms with Gasteiger partial charge in [0.05, 0.1) is 19.4 Å². The standard InChI is InChI=1S/C34H30F5NO5/c35-29-24(30(36)32(38)33(39)31(29)37)5-1-2-15-45-23-11-8-20(9-12-23)7-10-21-4-3-6-25-28(21)22(16-26(41)42)18-40(25)19-34(13-14-34)17-27(43)44/h3-4,6-12,18H,1-2,5,13-17,19H2,(H,41,42)(H,43,44). The number of halogens is 5. The monoisotopic (exact) mass is 627 g/mol. The second kappa shape index (κ2) is 13.1. The van der Waals surface area contributed by atoms with Gasteiger partial charge in [-0.05, 0) is 72.4 Å². The Morgan fingerprint density at radius 3 is 2.13 bits per heavy atom. The van der Waals surface area contributed by atoms with Crippen molar-refractivity contribution in [1.29, 1.82) is 0 Å². The largest absolute Gasteiger partial charge is 0.494 e. The Morgan fingerprint density at radius 2 is 1.51 bits per heavy atom. The van der Waals surface area contributed by atoms with Gasteiger partial charge in [-0.3, -0.25) is 9.59 Å². The van der Waals surface area contributed by atoms with E-state index in [0.717, 1.165) is 34.9 Å². The quantitative estimate of drug-likeness (QED) is 0.0490. The minimum Gasteiger partial charge on any atom is -0.494 e. The van der Waals surface area contributed by atoms with Crippen molar-refractivity contribution in [2.75, 3.05) is 6.61 Å². The van der Waals surface area contributed by atoms with Crippen molar-refractivity contribution in [2.45, 2.75) is 51.5 Å². The van der Waals surface area contributed by atoms with E-state index in [0.29, 0.717) is 24.3 Å². The number of benzene rings is 3. The second-order valence-corrected chi connectivity index (χ2v) is 11.4. The summed E-state index contributed by atoms with van der Waals surface area (Å²) in [6.45, 7) is 0.671. The van der Waals surface area contributed by atoms with Gasteiger partial charge in [-0.2, -0.15) is 0 Å². The van der Waals surface area contributed by atoms with E-state index in [9.17, 15) is 41.8 Å². The second-order valence-electron chi connectivity index (χ2n) is 11.4. The molecule has 1 aromatic heterocycles. The Bertz CT molecular complexity index is 1750. The molecule has 0 spiro atoms. The number of carbonyl (C=O) groups is 2. The molecule has 3 aromatic carbocycles. The summed E-state index contributed by atoms with van der Waals surface area (Å²) in [7, 11) is 0. The third-order valence-electron chi connectivity index (χ3n) is 8.07. The van der Waals surface area contributed by atoms with Gasteiger partial charge in [-0.25, -0.2) is 22.0 Å². The van der Waals surface area contributed by atoms with Crippen molar-refractivity contribution < 1.29 is 46.5 Å². The molecule has 1 heterocycles. The third kappa shape index (κ3) is 7.19. The number of nitrogens with zero attached hydrogens (tertiary/aromatic N) is 1. The molecule has 0 saturated heterocycles. The molecule has 11 heteroatoms. The first-order chi connectivity index (χ1) is 21.5. The van der Waals surface area contributed by atoms with Crippen molar-refractivity contribution in [2.24, 2.45) is 5.41 Å². The van der Waals surface area contributed by atoms with Crippen LogP contribution in [-0.4, -0.2) is 33.3 Å². The fourth-order valence-electron chi connectivity index (χ4n) is 5.61. The van der Waals surface area contributed by atoms with Crippen LogP contribution in [-0.2, 0) is 29.0 Å². The number of aliphatic carboxylic acids is 2. The molecule has 5 rings (SSSR count). The van der Waals surface area contributed by atoms with Crippen LogP contribution in [0.2, 0.25) is 0 Å². The smallest absolute Gasteiger partial charge is 0.307 e. The van der Waals surface area contributed by atoms with Crippen LogP contribution in [0.1, 0.15) is 54.4 Å². The van der Waals surface area contributed by atoms with Crippen molar-refractivity contribution >= 4 is 35.0 Å². The summed E-state index contributed by atoms with van der Waals surface area (Å²) in [5.74, 6) is -11.0. The summed E-state index contributed by atoms with van der Waals surface area (Å²) in [6.07, 6.45) is 7.23. The number of unbranched alkanes of at least 4 members (excludes halogenated alkanes) is 1. The van der Waals surface area contributed by atoms with E-state index in [4.69, 9.17) is 4.74 Å². The van der Waals surface area contributed by atoms with Crippen molar-refractivity contribution in [3.05, 3.63) is 100 Å². The number of hydrogen-bond donors (Lipinski definition) is 2. The van der Waals surface area contributed by atoms with Gasteiger partial charge in [-0.1, -0.05) is 36.4 Å². The van der Waals surface area contributed by atoms with Gasteiger partial charge < -0.3 is 19.5 Å². The van der Waals surface area contributed by atoms with Crippen molar-refractivity contribution in [1.82, 2.24) is 4.57 Å². The molecule has 0 amide bonds. The molecular formula is C34H30F5NO5. The number of carboxylic acid groups (broad SMARTS) is 2. The fourth-order valence-corrected chi connectivity index (χ4v) is 5.61. The van der Waals surface area contributed by atoms with Crippen molar-refractivity contribution in [3.8, 4) is 5.75 Å². The molecule has 0 aliphatic heterocycles. The van der Waals surface area contributed by atoms with Gasteiger partial charge in [0, 0.05) is 29.2 Å². The van der Waals surface area contributed by atoms with E-state index in [1.807, 2.05) is 53.2 Å². The predicted octanol–water partition coefficient (Wildman–Crippen LogP) is 7.79. The molecule has 4 aromatic rings.